The van der Waals surface area contributed by atoms with Gasteiger partial charge in [-0.15, -0.1) is 0 Å². The number of aromatic nitrogens is 4. The van der Waals surface area contributed by atoms with Crippen LogP contribution in [0.5, 0.6) is 0 Å². The van der Waals surface area contributed by atoms with Crippen LogP contribution >= 0.6 is 0 Å². The van der Waals surface area contributed by atoms with E-state index in [-0.39, 0.29) is 0 Å². The van der Waals surface area contributed by atoms with E-state index in [1.165, 1.54) is 6.33 Å². The molecule has 0 saturated carbocycles. The predicted molar refractivity (Wildman–Crippen MR) is 44.0 cm³/mol. The summed E-state index contributed by atoms with van der Waals surface area (Å²) in [6, 6.07) is 5.36. The largest absolute Gasteiger partial charge is 0.384 e. The smallest absolute Gasteiger partial charge is 0.174 e. The lowest BCUT2D eigenvalue weighted by molar-refractivity contribution is 1.09. The molecular formula is C7H7N5. The molecule has 0 radical (unpaired) electrons. The van der Waals surface area contributed by atoms with Gasteiger partial charge in [0, 0.05) is 0 Å². The summed E-state index contributed by atoms with van der Waals surface area (Å²) in [4.78, 5) is 8.00. The van der Waals surface area contributed by atoms with Crippen molar-refractivity contribution in [2.45, 2.75) is 0 Å². The molecule has 2 rings (SSSR count). The van der Waals surface area contributed by atoms with Crippen LogP contribution in [0, 0.1) is 0 Å². The van der Waals surface area contributed by atoms with E-state index < -0.39 is 0 Å². The van der Waals surface area contributed by atoms with Gasteiger partial charge in [-0.2, -0.15) is 5.10 Å². The van der Waals surface area contributed by atoms with Crippen molar-refractivity contribution in [3.05, 3.63) is 24.5 Å². The van der Waals surface area contributed by atoms with Crippen LogP contribution in [-0.2, 0) is 0 Å². The fraction of sp³-hybridized carbons (Fsp3) is 0. The van der Waals surface area contributed by atoms with E-state index in [1.54, 1.807) is 6.07 Å². The number of hydrogen-bond acceptors (Lipinski definition) is 4. The third-order valence-electron chi connectivity index (χ3n) is 1.43. The number of nitrogens with zero attached hydrogens (tertiary/aromatic N) is 3. The summed E-state index contributed by atoms with van der Waals surface area (Å²) in [5, 5.41) is 6.41. The Hall–Kier alpha value is -1.91. The molecule has 12 heavy (non-hydrogen) atoms. The first-order valence-corrected chi connectivity index (χ1v) is 3.44. The lowest BCUT2D eigenvalue weighted by Crippen LogP contribution is -1.92. The molecular weight excluding hydrogens is 154 g/mol. The van der Waals surface area contributed by atoms with Gasteiger partial charge in [0.05, 0.1) is 0 Å². The minimum absolute atomic E-state index is 0.476. The van der Waals surface area contributed by atoms with Gasteiger partial charge in [0.2, 0.25) is 0 Å². The second kappa shape index (κ2) is 2.61. The Labute approximate surface area is 68.7 Å². The highest BCUT2D eigenvalue weighted by Crippen LogP contribution is 2.10. The van der Waals surface area contributed by atoms with Gasteiger partial charge >= 0.3 is 0 Å². The molecule has 3 N–H and O–H groups in total. The average Bonchev–Trinajstić information content (AvgIpc) is 2.56. The number of aromatic amines is 1. The molecule has 2 aromatic heterocycles. The van der Waals surface area contributed by atoms with E-state index in [9.17, 15) is 0 Å². The summed E-state index contributed by atoms with van der Waals surface area (Å²) >= 11 is 0. The monoisotopic (exact) mass is 161 g/mol. The zero-order valence-electron chi connectivity index (χ0n) is 6.23. The van der Waals surface area contributed by atoms with Crippen LogP contribution in [0.2, 0.25) is 0 Å². The molecule has 5 nitrogen and oxygen atoms in total. The Balaban J connectivity index is 2.48. The Morgan fingerprint density at radius 1 is 1.33 bits per heavy atom. The Kier molecular flexibility index (Phi) is 1.48. The molecule has 0 amide bonds. The van der Waals surface area contributed by atoms with Crippen molar-refractivity contribution in [3.8, 4) is 11.5 Å². The van der Waals surface area contributed by atoms with Crippen LogP contribution in [0.3, 0.4) is 0 Å². The number of nitrogens with one attached hydrogen (secondary N) is 1. The molecule has 2 heterocycles. The van der Waals surface area contributed by atoms with Crippen LogP contribution in [0.1, 0.15) is 0 Å². The normalized spacial score (nSPS) is 10.0. The van der Waals surface area contributed by atoms with Gasteiger partial charge in [0.25, 0.3) is 0 Å². The summed E-state index contributed by atoms with van der Waals surface area (Å²) in [5.74, 6) is 1.10. The van der Waals surface area contributed by atoms with Crippen molar-refractivity contribution in [3.63, 3.8) is 0 Å². The molecule has 0 saturated heterocycles. The molecule has 0 unspecified atom stereocenters. The van der Waals surface area contributed by atoms with Crippen molar-refractivity contribution in [1.29, 1.82) is 0 Å². The van der Waals surface area contributed by atoms with E-state index in [4.69, 9.17) is 5.73 Å². The minimum atomic E-state index is 0.476. The number of nitrogen functional groups attached to an aromatic ring is 1. The third kappa shape index (κ3) is 1.12. The second-order valence-corrected chi connectivity index (χ2v) is 2.28. The summed E-state index contributed by atoms with van der Waals surface area (Å²) in [6.45, 7) is 0. The van der Waals surface area contributed by atoms with Gasteiger partial charge in [-0.1, -0.05) is 6.07 Å². The fourth-order valence-corrected chi connectivity index (χ4v) is 0.912. The lowest BCUT2D eigenvalue weighted by Gasteiger charge is -1.95. The van der Waals surface area contributed by atoms with Gasteiger partial charge in [-0.25, -0.2) is 9.97 Å². The van der Waals surface area contributed by atoms with Crippen LogP contribution < -0.4 is 5.73 Å². The zero-order valence-corrected chi connectivity index (χ0v) is 6.23. The molecule has 0 aromatic carbocycles. The first-order valence-electron chi connectivity index (χ1n) is 3.44. The van der Waals surface area contributed by atoms with E-state index in [0.717, 1.165) is 0 Å². The van der Waals surface area contributed by atoms with Crippen molar-refractivity contribution in [2.24, 2.45) is 0 Å². The van der Waals surface area contributed by atoms with E-state index in [1.807, 2.05) is 12.1 Å². The van der Waals surface area contributed by atoms with Crippen molar-refractivity contribution in [2.75, 3.05) is 5.73 Å². The number of hydrogen-bond donors (Lipinski definition) is 2. The second-order valence-electron chi connectivity index (χ2n) is 2.28. The van der Waals surface area contributed by atoms with Crippen LogP contribution in [0.4, 0.5) is 5.82 Å². The molecule has 0 bridgehead atoms. The minimum Gasteiger partial charge on any atom is -0.384 e. The Morgan fingerprint density at radius 2 is 2.25 bits per heavy atom. The molecule has 60 valence electrons. The summed E-state index contributed by atoms with van der Waals surface area (Å²) < 4.78 is 0. The molecule has 0 aliphatic rings. The number of nitrogens with two attached hydrogens (primary N) is 1. The van der Waals surface area contributed by atoms with E-state index in [2.05, 4.69) is 20.2 Å². The average molecular weight is 161 g/mol. The van der Waals surface area contributed by atoms with Crippen molar-refractivity contribution >= 4 is 5.82 Å². The zero-order chi connectivity index (χ0) is 8.39. The van der Waals surface area contributed by atoms with Gasteiger partial charge in [-0.3, -0.25) is 5.10 Å². The first kappa shape index (κ1) is 6.78. The standard InChI is InChI=1S/C7H7N5/c8-6-3-1-2-5(11-6)7-9-4-10-12-7/h1-4H,(H2,8,11)(H,9,10,12). The highest BCUT2D eigenvalue weighted by atomic mass is 15.2. The maximum Gasteiger partial charge on any atom is 0.174 e. The van der Waals surface area contributed by atoms with E-state index >= 15 is 0 Å². The highest BCUT2D eigenvalue weighted by Gasteiger charge is 2.00. The van der Waals surface area contributed by atoms with E-state index in [0.29, 0.717) is 17.3 Å². The molecule has 5 heteroatoms. The van der Waals surface area contributed by atoms with Crippen LogP contribution in [0.15, 0.2) is 24.5 Å². The Morgan fingerprint density at radius 3 is 2.92 bits per heavy atom. The third-order valence-corrected chi connectivity index (χ3v) is 1.43. The molecule has 2 aromatic rings. The summed E-state index contributed by atoms with van der Waals surface area (Å²) in [5.41, 5.74) is 6.19. The highest BCUT2D eigenvalue weighted by molar-refractivity contribution is 5.51. The van der Waals surface area contributed by atoms with Gasteiger partial charge in [-0.05, 0) is 12.1 Å². The molecule has 0 atom stereocenters. The molecule has 0 spiro atoms. The van der Waals surface area contributed by atoms with Gasteiger partial charge in [0.15, 0.2) is 5.82 Å². The molecule has 0 aliphatic carbocycles. The first-order chi connectivity index (χ1) is 5.86. The molecule has 0 aliphatic heterocycles. The van der Waals surface area contributed by atoms with Crippen LogP contribution in [-0.4, -0.2) is 20.2 Å². The number of pyridine rings is 1. The Bertz CT molecular complexity index is 367. The number of rotatable bonds is 1. The lowest BCUT2D eigenvalue weighted by atomic mass is 10.3. The SMILES string of the molecule is Nc1cccc(-c2ncn[nH]2)n1. The maximum atomic E-state index is 5.49. The number of H-pyrrole nitrogens is 1. The molecule has 0 fully saturated rings. The van der Waals surface area contributed by atoms with Crippen molar-refractivity contribution < 1.29 is 0 Å². The van der Waals surface area contributed by atoms with Gasteiger partial charge < -0.3 is 5.73 Å². The van der Waals surface area contributed by atoms with Gasteiger partial charge in [0.1, 0.15) is 17.8 Å². The van der Waals surface area contributed by atoms with Crippen molar-refractivity contribution in [1.82, 2.24) is 20.2 Å². The number of anilines is 1. The predicted octanol–water partition coefficient (Wildman–Crippen LogP) is 0.449. The maximum absolute atomic E-state index is 5.49. The summed E-state index contributed by atoms with van der Waals surface area (Å²) in [7, 11) is 0. The topological polar surface area (TPSA) is 80.5 Å². The quantitative estimate of drug-likeness (QED) is 0.636. The summed E-state index contributed by atoms with van der Waals surface area (Å²) in [6.07, 6.45) is 1.43. The fourth-order valence-electron chi connectivity index (χ4n) is 0.912. The van der Waals surface area contributed by atoms with Crippen LogP contribution in [0.25, 0.3) is 11.5 Å².